The number of nitrogens with zero attached hydrogens (tertiary/aromatic N) is 6. The monoisotopic (exact) mass is 730 g/mol. The molecule has 0 atom stereocenters. The Morgan fingerprint density at radius 3 is 1.60 bits per heavy atom. The summed E-state index contributed by atoms with van der Waals surface area (Å²) in [7, 11) is 0. The molecule has 0 aliphatic heterocycles. The highest BCUT2D eigenvalue weighted by molar-refractivity contribution is 6.28. The van der Waals surface area contributed by atoms with Crippen LogP contribution in [-0.4, -0.2) is 29.1 Å². The van der Waals surface area contributed by atoms with Crippen LogP contribution < -0.4 is 0 Å². The van der Waals surface area contributed by atoms with Crippen LogP contribution in [0.5, 0.6) is 0 Å². The summed E-state index contributed by atoms with van der Waals surface area (Å²) in [5.41, 5.74) is 9.70. The Bertz CT molecular complexity index is 3470. The largest absolute Gasteiger partial charge is 0.456 e. The minimum absolute atomic E-state index is 0.564. The van der Waals surface area contributed by atoms with Crippen LogP contribution in [0, 0.1) is 0 Å². The summed E-state index contributed by atoms with van der Waals surface area (Å²) in [6.45, 7) is 0. The van der Waals surface area contributed by atoms with Gasteiger partial charge >= 0.3 is 0 Å². The SMILES string of the molecule is c1ccc(-c2nc(-c3ccccc3)nc(-n3c4ccccc4c4c5c6ccccc6n(-c6cccc(-c7ccc8oc9ccccc9c8c7)n6)c5ccc43)n2)cc1. The van der Waals surface area contributed by atoms with Crippen LogP contribution in [0.1, 0.15) is 0 Å². The molecule has 0 aliphatic rings. The van der Waals surface area contributed by atoms with E-state index >= 15 is 0 Å². The van der Waals surface area contributed by atoms with E-state index in [0.29, 0.717) is 17.6 Å². The average molecular weight is 731 g/mol. The third kappa shape index (κ3) is 4.86. The van der Waals surface area contributed by atoms with Crippen LogP contribution in [-0.2, 0) is 0 Å². The molecule has 12 rings (SSSR count). The first-order valence-corrected chi connectivity index (χ1v) is 19.0. The molecule has 5 heterocycles. The Labute approximate surface area is 325 Å². The van der Waals surface area contributed by atoms with Crippen LogP contribution in [0.25, 0.3) is 111 Å². The molecule has 0 unspecified atom stereocenters. The van der Waals surface area contributed by atoms with Gasteiger partial charge in [0.25, 0.3) is 0 Å². The molecule has 12 aromatic rings. The Morgan fingerprint density at radius 1 is 0.351 bits per heavy atom. The van der Waals surface area contributed by atoms with Crippen molar-refractivity contribution >= 4 is 65.6 Å². The Morgan fingerprint density at radius 2 is 0.912 bits per heavy atom. The van der Waals surface area contributed by atoms with Crippen LogP contribution in [0.4, 0.5) is 0 Å². The second-order valence-electron chi connectivity index (χ2n) is 14.3. The van der Waals surface area contributed by atoms with Crippen LogP contribution >= 0.6 is 0 Å². The van der Waals surface area contributed by atoms with Gasteiger partial charge in [-0.1, -0.05) is 121 Å². The lowest BCUT2D eigenvalue weighted by Gasteiger charge is -2.11. The molecule has 7 aromatic carbocycles. The van der Waals surface area contributed by atoms with E-state index in [9.17, 15) is 0 Å². The first-order chi connectivity index (χ1) is 28.3. The fourth-order valence-electron chi connectivity index (χ4n) is 8.47. The Hall–Kier alpha value is -7.90. The molecule has 0 bridgehead atoms. The van der Waals surface area contributed by atoms with E-state index in [1.54, 1.807) is 0 Å². The standard InChI is InChI=1S/C50H30N6O/c1-3-14-31(15-4-1)48-52-49(32-16-5-2-6-17-32)54-50(53-48)56-40-23-11-8-20-36(40)47-42(56)28-27-41-46(47)35-19-7-10-22-39(35)55(41)45-25-13-21-38(51-45)33-26-29-44-37(30-33)34-18-9-12-24-43(34)57-44/h1-30H. The number of rotatable bonds is 5. The fraction of sp³-hybridized carbons (Fsp3) is 0. The summed E-state index contributed by atoms with van der Waals surface area (Å²) >= 11 is 0. The molecule has 7 heteroatoms. The number of para-hydroxylation sites is 3. The maximum absolute atomic E-state index is 6.13. The predicted octanol–water partition coefficient (Wildman–Crippen LogP) is 12.4. The van der Waals surface area contributed by atoms with Gasteiger partial charge in [0.2, 0.25) is 5.95 Å². The molecule has 0 aliphatic carbocycles. The number of benzene rings is 7. The van der Waals surface area contributed by atoms with Gasteiger partial charge in [-0.3, -0.25) is 9.13 Å². The summed E-state index contributed by atoms with van der Waals surface area (Å²) in [6.07, 6.45) is 0. The fourth-order valence-corrected chi connectivity index (χ4v) is 8.47. The lowest BCUT2D eigenvalue weighted by atomic mass is 10.1. The third-order valence-corrected chi connectivity index (χ3v) is 11.0. The van der Waals surface area contributed by atoms with Gasteiger partial charge in [-0.05, 0) is 60.7 Å². The first kappa shape index (κ1) is 31.5. The quantitative estimate of drug-likeness (QED) is 0.176. The van der Waals surface area contributed by atoms with Crippen LogP contribution in [0.3, 0.4) is 0 Å². The van der Waals surface area contributed by atoms with E-state index in [1.807, 2.05) is 84.9 Å². The lowest BCUT2D eigenvalue weighted by Crippen LogP contribution is -2.06. The van der Waals surface area contributed by atoms with Crippen LogP contribution in [0.15, 0.2) is 186 Å². The zero-order valence-corrected chi connectivity index (χ0v) is 30.4. The number of hydrogen-bond acceptors (Lipinski definition) is 5. The van der Waals surface area contributed by atoms with Gasteiger partial charge in [0, 0.05) is 49.0 Å². The molecular formula is C50H30N6O. The summed E-state index contributed by atoms with van der Waals surface area (Å²) in [5.74, 6) is 2.65. The van der Waals surface area contributed by atoms with Gasteiger partial charge in [0.1, 0.15) is 17.0 Å². The number of pyridine rings is 1. The second kappa shape index (κ2) is 12.3. The molecule has 0 spiro atoms. The Balaban J connectivity index is 1.10. The van der Waals surface area contributed by atoms with E-state index < -0.39 is 0 Å². The van der Waals surface area contributed by atoms with Crippen molar-refractivity contribution in [2.24, 2.45) is 0 Å². The summed E-state index contributed by atoms with van der Waals surface area (Å²) in [5, 5.41) is 6.72. The normalized spacial score (nSPS) is 11.9. The van der Waals surface area contributed by atoms with Gasteiger partial charge in [-0.2, -0.15) is 9.97 Å². The van der Waals surface area contributed by atoms with Crippen molar-refractivity contribution in [2.75, 3.05) is 0 Å². The molecule has 0 fully saturated rings. The highest BCUT2D eigenvalue weighted by Gasteiger charge is 2.23. The predicted molar refractivity (Wildman–Crippen MR) is 230 cm³/mol. The third-order valence-electron chi connectivity index (χ3n) is 11.0. The zero-order valence-electron chi connectivity index (χ0n) is 30.4. The van der Waals surface area contributed by atoms with E-state index in [2.05, 4.69) is 106 Å². The van der Waals surface area contributed by atoms with Gasteiger partial charge in [-0.25, -0.2) is 9.97 Å². The maximum atomic E-state index is 6.13. The highest BCUT2D eigenvalue weighted by Crippen LogP contribution is 2.42. The highest BCUT2D eigenvalue weighted by atomic mass is 16.3. The van der Waals surface area contributed by atoms with Crippen molar-refractivity contribution in [1.29, 1.82) is 0 Å². The van der Waals surface area contributed by atoms with Crippen molar-refractivity contribution < 1.29 is 4.42 Å². The van der Waals surface area contributed by atoms with Crippen molar-refractivity contribution in [3.05, 3.63) is 182 Å². The molecule has 7 nitrogen and oxygen atoms in total. The number of furan rings is 1. The molecule has 0 saturated carbocycles. The smallest absolute Gasteiger partial charge is 0.238 e. The molecule has 57 heavy (non-hydrogen) atoms. The molecule has 0 saturated heterocycles. The van der Waals surface area contributed by atoms with Crippen molar-refractivity contribution in [1.82, 2.24) is 29.1 Å². The summed E-state index contributed by atoms with van der Waals surface area (Å²) < 4.78 is 10.6. The number of hydrogen-bond donors (Lipinski definition) is 0. The minimum Gasteiger partial charge on any atom is -0.456 e. The summed E-state index contributed by atoms with van der Waals surface area (Å²) in [4.78, 5) is 20.6. The minimum atomic E-state index is 0.564. The van der Waals surface area contributed by atoms with Crippen LogP contribution in [0.2, 0.25) is 0 Å². The maximum Gasteiger partial charge on any atom is 0.238 e. The topological polar surface area (TPSA) is 74.6 Å². The molecular weight excluding hydrogens is 701 g/mol. The molecule has 0 amide bonds. The molecule has 266 valence electrons. The first-order valence-electron chi connectivity index (χ1n) is 19.0. The number of fused-ring (bicyclic) bond motifs is 10. The van der Waals surface area contributed by atoms with Gasteiger partial charge in [0.05, 0.1) is 27.8 Å². The number of aromatic nitrogens is 6. The van der Waals surface area contributed by atoms with E-state index in [1.165, 1.54) is 0 Å². The lowest BCUT2D eigenvalue weighted by molar-refractivity contribution is 0.669. The average Bonchev–Trinajstić information content (AvgIpc) is 3.94. The molecule has 0 N–H and O–H groups in total. The van der Waals surface area contributed by atoms with Crippen molar-refractivity contribution in [3.63, 3.8) is 0 Å². The van der Waals surface area contributed by atoms with Gasteiger partial charge in [0.15, 0.2) is 11.6 Å². The van der Waals surface area contributed by atoms with E-state index in [0.717, 1.165) is 93.8 Å². The van der Waals surface area contributed by atoms with E-state index in [4.69, 9.17) is 24.4 Å². The Kier molecular flexibility index (Phi) is 6.79. The van der Waals surface area contributed by atoms with Crippen molar-refractivity contribution in [3.8, 4) is 45.8 Å². The zero-order chi connectivity index (χ0) is 37.5. The van der Waals surface area contributed by atoms with Gasteiger partial charge < -0.3 is 4.42 Å². The molecule has 0 radical (unpaired) electrons. The molecule has 5 aromatic heterocycles. The van der Waals surface area contributed by atoms with E-state index in [-0.39, 0.29) is 0 Å². The summed E-state index contributed by atoms with van der Waals surface area (Å²) in [6, 6.07) is 62.5. The second-order valence-corrected chi connectivity index (χ2v) is 14.3. The van der Waals surface area contributed by atoms with Gasteiger partial charge in [-0.15, -0.1) is 0 Å². The van der Waals surface area contributed by atoms with Crippen molar-refractivity contribution in [2.45, 2.75) is 0 Å².